The summed E-state index contributed by atoms with van der Waals surface area (Å²) < 4.78 is 5.49. The van der Waals surface area contributed by atoms with Crippen molar-refractivity contribution in [3.8, 4) is 5.75 Å². The molecule has 1 aromatic carbocycles. The third kappa shape index (κ3) is 3.15. The molecular formula is C14H20N2O2. The van der Waals surface area contributed by atoms with Gasteiger partial charge in [0, 0.05) is 17.7 Å². The molecule has 1 saturated carbocycles. The highest BCUT2D eigenvalue weighted by molar-refractivity contribution is 5.82. The number of carbonyl (C=O) groups is 1. The Balaban J connectivity index is 1.66. The van der Waals surface area contributed by atoms with E-state index in [0.717, 1.165) is 12.2 Å². The number of nitrogens with one attached hydrogen (secondary N) is 1. The summed E-state index contributed by atoms with van der Waals surface area (Å²) in [6.07, 6.45) is 0.981. The van der Waals surface area contributed by atoms with Crippen LogP contribution in [-0.2, 0) is 4.79 Å². The maximum Gasteiger partial charge on any atom is 0.223 e. The first-order valence-corrected chi connectivity index (χ1v) is 6.25. The molecule has 0 radical (unpaired) electrons. The standard InChI is InChI=1S/C14H20N2O2/c1-14(2)9-12(14)13(17)16-6-7-18-11-5-3-4-10(15)8-11/h3-5,8,12H,6-7,9,15H2,1-2H3,(H,16,17). The van der Waals surface area contributed by atoms with Crippen molar-refractivity contribution in [2.45, 2.75) is 20.3 Å². The minimum Gasteiger partial charge on any atom is -0.492 e. The van der Waals surface area contributed by atoms with Gasteiger partial charge in [-0.05, 0) is 24.0 Å². The lowest BCUT2D eigenvalue weighted by Crippen LogP contribution is -2.30. The van der Waals surface area contributed by atoms with E-state index in [1.165, 1.54) is 0 Å². The van der Waals surface area contributed by atoms with E-state index in [4.69, 9.17) is 10.5 Å². The average Bonchev–Trinajstić information content (AvgIpc) is 2.94. The summed E-state index contributed by atoms with van der Waals surface area (Å²) in [6, 6.07) is 7.27. The number of ether oxygens (including phenoxy) is 1. The summed E-state index contributed by atoms with van der Waals surface area (Å²) in [7, 11) is 0. The van der Waals surface area contributed by atoms with Gasteiger partial charge in [-0.15, -0.1) is 0 Å². The summed E-state index contributed by atoms with van der Waals surface area (Å²) in [5, 5.41) is 2.89. The highest BCUT2D eigenvalue weighted by atomic mass is 16.5. The van der Waals surface area contributed by atoms with Crippen LogP contribution in [0.15, 0.2) is 24.3 Å². The number of hydrogen-bond acceptors (Lipinski definition) is 3. The van der Waals surface area contributed by atoms with E-state index < -0.39 is 0 Å². The van der Waals surface area contributed by atoms with Gasteiger partial charge in [0.25, 0.3) is 0 Å². The van der Waals surface area contributed by atoms with Crippen LogP contribution in [0.1, 0.15) is 20.3 Å². The number of benzene rings is 1. The summed E-state index contributed by atoms with van der Waals surface area (Å²) >= 11 is 0. The van der Waals surface area contributed by atoms with Gasteiger partial charge in [-0.3, -0.25) is 4.79 Å². The molecule has 0 spiro atoms. The zero-order valence-electron chi connectivity index (χ0n) is 10.9. The van der Waals surface area contributed by atoms with Crippen molar-refractivity contribution >= 4 is 11.6 Å². The van der Waals surface area contributed by atoms with E-state index in [1.54, 1.807) is 6.07 Å². The van der Waals surface area contributed by atoms with Crippen molar-refractivity contribution in [2.24, 2.45) is 11.3 Å². The molecule has 2 rings (SSSR count). The van der Waals surface area contributed by atoms with E-state index in [9.17, 15) is 4.79 Å². The average molecular weight is 248 g/mol. The molecule has 0 saturated heterocycles. The molecule has 3 N–H and O–H groups in total. The molecule has 1 atom stereocenters. The highest BCUT2D eigenvalue weighted by Gasteiger charge is 2.50. The minimum atomic E-state index is 0.135. The fourth-order valence-corrected chi connectivity index (χ4v) is 1.99. The predicted octanol–water partition coefficient (Wildman–Crippen LogP) is 1.81. The van der Waals surface area contributed by atoms with E-state index in [1.807, 2.05) is 18.2 Å². The van der Waals surface area contributed by atoms with Crippen LogP contribution in [0.5, 0.6) is 5.75 Å². The Labute approximate surface area is 108 Å². The van der Waals surface area contributed by atoms with E-state index in [2.05, 4.69) is 19.2 Å². The van der Waals surface area contributed by atoms with Crippen LogP contribution in [0.4, 0.5) is 5.69 Å². The van der Waals surface area contributed by atoms with Crippen LogP contribution in [0, 0.1) is 11.3 Å². The maximum atomic E-state index is 11.7. The summed E-state index contributed by atoms with van der Waals surface area (Å²) in [5.41, 5.74) is 6.50. The van der Waals surface area contributed by atoms with E-state index in [0.29, 0.717) is 18.8 Å². The van der Waals surface area contributed by atoms with Crippen molar-refractivity contribution in [1.82, 2.24) is 5.32 Å². The number of amides is 1. The summed E-state index contributed by atoms with van der Waals surface area (Å²) in [6.45, 7) is 5.21. The van der Waals surface area contributed by atoms with Crippen molar-refractivity contribution < 1.29 is 9.53 Å². The SMILES string of the molecule is CC1(C)CC1C(=O)NCCOc1cccc(N)c1. The van der Waals surface area contributed by atoms with Gasteiger partial charge in [-0.2, -0.15) is 0 Å². The van der Waals surface area contributed by atoms with Crippen LogP contribution in [-0.4, -0.2) is 19.1 Å². The van der Waals surface area contributed by atoms with Crippen molar-refractivity contribution in [3.63, 3.8) is 0 Å². The van der Waals surface area contributed by atoms with Crippen LogP contribution in [0.25, 0.3) is 0 Å². The first-order chi connectivity index (χ1) is 8.49. The molecule has 1 amide bonds. The van der Waals surface area contributed by atoms with Gasteiger partial charge in [0.2, 0.25) is 5.91 Å². The third-order valence-corrected chi connectivity index (χ3v) is 3.36. The Hall–Kier alpha value is -1.71. The molecule has 1 aliphatic carbocycles. The quantitative estimate of drug-likeness (QED) is 0.617. The zero-order valence-corrected chi connectivity index (χ0v) is 10.9. The van der Waals surface area contributed by atoms with Crippen molar-refractivity contribution in [2.75, 3.05) is 18.9 Å². The Bertz CT molecular complexity index is 443. The minimum absolute atomic E-state index is 0.135. The second kappa shape index (κ2) is 4.88. The fraction of sp³-hybridized carbons (Fsp3) is 0.500. The molecule has 1 aromatic rings. The van der Waals surface area contributed by atoms with Crippen molar-refractivity contribution in [3.05, 3.63) is 24.3 Å². The first kappa shape index (κ1) is 12.7. The number of nitrogens with two attached hydrogens (primary N) is 1. The third-order valence-electron chi connectivity index (χ3n) is 3.36. The number of nitrogen functional groups attached to an aromatic ring is 1. The molecule has 1 fully saturated rings. The number of anilines is 1. The molecule has 0 heterocycles. The lowest BCUT2D eigenvalue weighted by molar-refractivity contribution is -0.123. The molecule has 1 aliphatic rings. The van der Waals surface area contributed by atoms with Gasteiger partial charge in [-0.25, -0.2) is 0 Å². The summed E-state index contributed by atoms with van der Waals surface area (Å²) in [5.74, 6) is 1.04. The Morgan fingerprint density at radius 3 is 2.89 bits per heavy atom. The lowest BCUT2D eigenvalue weighted by atomic mass is 10.1. The van der Waals surface area contributed by atoms with Gasteiger partial charge in [0.05, 0.1) is 6.54 Å². The van der Waals surface area contributed by atoms with Gasteiger partial charge in [0.1, 0.15) is 12.4 Å². The Morgan fingerprint density at radius 1 is 1.56 bits per heavy atom. The number of rotatable bonds is 5. The Morgan fingerprint density at radius 2 is 2.28 bits per heavy atom. The molecule has 4 nitrogen and oxygen atoms in total. The van der Waals surface area contributed by atoms with Crippen LogP contribution in [0.2, 0.25) is 0 Å². The lowest BCUT2D eigenvalue weighted by Gasteiger charge is -2.08. The molecular weight excluding hydrogens is 228 g/mol. The second-order valence-electron chi connectivity index (χ2n) is 5.46. The van der Waals surface area contributed by atoms with Gasteiger partial charge >= 0.3 is 0 Å². The van der Waals surface area contributed by atoms with E-state index in [-0.39, 0.29) is 17.2 Å². The molecule has 98 valence electrons. The van der Waals surface area contributed by atoms with Crippen molar-refractivity contribution in [1.29, 1.82) is 0 Å². The normalized spacial score (nSPS) is 20.2. The highest BCUT2D eigenvalue weighted by Crippen LogP contribution is 2.51. The zero-order chi connectivity index (χ0) is 13.2. The molecule has 0 aromatic heterocycles. The van der Waals surface area contributed by atoms with Gasteiger partial charge < -0.3 is 15.8 Å². The molecule has 0 aliphatic heterocycles. The molecule has 18 heavy (non-hydrogen) atoms. The fourth-order valence-electron chi connectivity index (χ4n) is 1.99. The summed E-state index contributed by atoms with van der Waals surface area (Å²) in [4.78, 5) is 11.7. The molecule has 0 bridgehead atoms. The smallest absolute Gasteiger partial charge is 0.223 e. The topological polar surface area (TPSA) is 64.3 Å². The molecule has 1 unspecified atom stereocenters. The number of carbonyl (C=O) groups excluding carboxylic acids is 1. The van der Waals surface area contributed by atoms with Crippen LogP contribution in [0.3, 0.4) is 0 Å². The van der Waals surface area contributed by atoms with Gasteiger partial charge in [-0.1, -0.05) is 19.9 Å². The molecule has 4 heteroatoms. The van der Waals surface area contributed by atoms with Crippen LogP contribution < -0.4 is 15.8 Å². The van der Waals surface area contributed by atoms with E-state index >= 15 is 0 Å². The van der Waals surface area contributed by atoms with Crippen LogP contribution >= 0.6 is 0 Å². The first-order valence-electron chi connectivity index (χ1n) is 6.25. The maximum absolute atomic E-state index is 11.7. The van der Waals surface area contributed by atoms with Gasteiger partial charge in [0.15, 0.2) is 0 Å². The Kier molecular flexibility index (Phi) is 3.45. The second-order valence-corrected chi connectivity index (χ2v) is 5.46. The predicted molar refractivity (Wildman–Crippen MR) is 71.2 cm³/mol. The monoisotopic (exact) mass is 248 g/mol. The number of hydrogen-bond donors (Lipinski definition) is 2. The largest absolute Gasteiger partial charge is 0.492 e.